The summed E-state index contributed by atoms with van der Waals surface area (Å²) in [5.41, 5.74) is 6.36. The molecule has 14 heavy (non-hydrogen) atoms. The van der Waals surface area contributed by atoms with Gasteiger partial charge in [-0.15, -0.1) is 0 Å². The summed E-state index contributed by atoms with van der Waals surface area (Å²) in [5.74, 6) is -0.305. The van der Waals surface area contributed by atoms with E-state index in [1.165, 1.54) is 6.20 Å². The zero-order valence-electron chi connectivity index (χ0n) is 7.96. The summed E-state index contributed by atoms with van der Waals surface area (Å²) in [6.45, 7) is 1.43. The molecule has 0 aromatic carbocycles. The van der Waals surface area contributed by atoms with E-state index in [1.807, 2.05) is 0 Å². The van der Waals surface area contributed by atoms with Crippen molar-refractivity contribution in [3.8, 4) is 0 Å². The van der Waals surface area contributed by atoms with Crippen LogP contribution in [0.15, 0.2) is 18.5 Å². The topological polar surface area (TPSA) is 50.9 Å². The van der Waals surface area contributed by atoms with E-state index in [1.54, 1.807) is 12.3 Å². The lowest BCUT2D eigenvalue weighted by molar-refractivity contribution is 0.551. The lowest BCUT2D eigenvalue weighted by Crippen LogP contribution is -2.24. The summed E-state index contributed by atoms with van der Waals surface area (Å²) in [5, 5.41) is 3.07. The van der Waals surface area contributed by atoms with Gasteiger partial charge in [0.1, 0.15) is 0 Å². The SMILES string of the molecule is NCC1(CNc2ccncc2F)CC1. The molecule has 3 N–H and O–H groups in total. The molecule has 1 aliphatic rings. The number of hydrogen-bond acceptors (Lipinski definition) is 3. The van der Waals surface area contributed by atoms with Gasteiger partial charge in [-0.25, -0.2) is 4.39 Å². The van der Waals surface area contributed by atoms with E-state index in [4.69, 9.17) is 5.73 Å². The van der Waals surface area contributed by atoms with Crippen molar-refractivity contribution in [3.05, 3.63) is 24.3 Å². The quantitative estimate of drug-likeness (QED) is 0.763. The van der Waals surface area contributed by atoms with Gasteiger partial charge in [0, 0.05) is 12.7 Å². The highest BCUT2D eigenvalue weighted by atomic mass is 19.1. The van der Waals surface area contributed by atoms with E-state index in [0.29, 0.717) is 12.2 Å². The molecule has 0 unspecified atom stereocenters. The largest absolute Gasteiger partial charge is 0.382 e. The number of nitrogens with zero attached hydrogens (tertiary/aromatic N) is 1. The molecule has 0 amide bonds. The number of aromatic nitrogens is 1. The fourth-order valence-electron chi connectivity index (χ4n) is 1.43. The van der Waals surface area contributed by atoms with Gasteiger partial charge < -0.3 is 11.1 Å². The maximum absolute atomic E-state index is 13.1. The molecular formula is C10H14FN3. The fourth-order valence-corrected chi connectivity index (χ4v) is 1.43. The van der Waals surface area contributed by atoms with Crippen molar-refractivity contribution in [1.82, 2.24) is 4.98 Å². The highest BCUT2D eigenvalue weighted by Gasteiger charge is 2.40. The fraction of sp³-hybridized carbons (Fsp3) is 0.500. The second-order valence-electron chi connectivity index (χ2n) is 3.91. The number of anilines is 1. The molecule has 0 radical (unpaired) electrons. The minimum Gasteiger partial charge on any atom is -0.382 e. The summed E-state index contributed by atoms with van der Waals surface area (Å²) in [6, 6.07) is 1.64. The van der Waals surface area contributed by atoms with Crippen molar-refractivity contribution in [1.29, 1.82) is 0 Å². The number of pyridine rings is 1. The van der Waals surface area contributed by atoms with E-state index in [0.717, 1.165) is 19.4 Å². The van der Waals surface area contributed by atoms with Crippen LogP contribution in [-0.4, -0.2) is 18.1 Å². The molecule has 1 aromatic rings. The molecule has 3 nitrogen and oxygen atoms in total. The zero-order chi connectivity index (χ0) is 10.0. The Kier molecular flexibility index (Phi) is 2.37. The smallest absolute Gasteiger partial charge is 0.164 e. The van der Waals surface area contributed by atoms with E-state index in [-0.39, 0.29) is 11.2 Å². The predicted molar refractivity (Wildman–Crippen MR) is 53.4 cm³/mol. The Bertz CT molecular complexity index is 323. The average molecular weight is 195 g/mol. The van der Waals surface area contributed by atoms with Crippen LogP contribution in [0.3, 0.4) is 0 Å². The maximum Gasteiger partial charge on any atom is 0.164 e. The van der Waals surface area contributed by atoms with Crippen LogP contribution in [0.1, 0.15) is 12.8 Å². The lowest BCUT2D eigenvalue weighted by atomic mass is 10.1. The number of nitrogens with two attached hydrogens (primary N) is 1. The molecule has 1 heterocycles. The van der Waals surface area contributed by atoms with Crippen LogP contribution >= 0.6 is 0 Å². The van der Waals surface area contributed by atoms with Crippen molar-refractivity contribution >= 4 is 5.69 Å². The average Bonchev–Trinajstić information content (AvgIpc) is 2.98. The Morgan fingerprint density at radius 3 is 2.93 bits per heavy atom. The zero-order valence-corrected chi connectivity index (χ0v) is 7.96. The number of rotatable bonds is 4. The number of hydrogen-bond donors (Lipinski definition) is 2. The van der Waals surface area contributed by atoms with Gasteiger partial charge in [0.25, 0.3) is 0 Å². The minimum absolute atomic E-state index is 0.218. The van der Waals surface area contributed by atoms with E-state index in [2.05, 4.69) is 10.3 Å². The summed E-state index contributed by atoms with van der Waals surface area (Å²) >= 11 is 0. The summed E-state index contributed by atoms with van der Waals surface area (Å²) in [6.07, 6.45) is 5.07. The molecule has 0 saturated heterocycles. The van der Waals surface area contributed by atoms with Gasteiger partial charge in [-0.2, -0.15) is 0 Å². The van der Waals surface area contributed by atoms with E-state index >= 15 is 0 Å². The third kappa shape index (κ3) is 1.85. The molecule has 4 heteroatoms. The molecule has 0 atom stereocenters. The van der Waals surface area contributed by atoms with Gasteiger partial charge in [-0.05, 0) is 30.9 Å². The molecule has 1 fully saturated rings. The van der Waals surface area contributed by atoms with E-state index in [9.17, 15) is 4.39 Å². The summed E-state index contributed by atoms with van der Waals surface area (Å²) in [4.78, 5) is 3.69. The second kappa shape index (κ2) is 3.53. The molecule has 0 aliphatic heterocycles. The Morgan fingerprint density at radius 1 is 1.57 bits per heavy atom. The predicted octanol–water partition coefficient (Wildman–Crippen LogP) is 1.37. The van der Waals surface area contributed by atoms with E-state index < -0.39 is 0 Å². The Morgan fingerprint density at radius 2 is 2.36 bits per heavy atom. The van der Waals surface area contributed by atoms with Crippen LogP contribution in [0.2, 0.25) is 0 Å². The minimum atomic E-state index is -0.305. The van der Waals surface area contributed by atoms with Crippen LogP contribution in [0.25, 0.3) is 0 Å². The first-order valence-corrected chi connectivity index (χ1v) is 4.79. The van der Waals surface area contributed by atoms with Gasteiger partial charge in [-0.1, -0.05) is 0 Å². The normalized spacial score (nSPS) is 17.9. The third-order valence-corrected chi connectivity index (χ3v) is 2.82. The van der Waals surface area contributed by atoms with Crippen molar-refractivity contribution in [2.75, 3.05) is 18.4 Å². The third-order valence-electron chi connectivity index (χ3n) is 2.82. The second-order valence-corrected chi connectivity index (χ2v) is 3.91. The van der Waals surface area contributed by atoms with Crippen molar-refractivity contribution < 1.29 is 4.39 Å². The number of halogens is 1. The number of nitrogens with one attached hydrogen (secondary N) is 1. The molecule has 1 aliphatic carbocycles. The van der Waals surface area contributed by atoms with Crippen LogP contribution in [-0.2, 0) is 0 Å². The monoisotopic (exact) mass is 195 g/mol. The molecule has 0 spiro atoms. The van der Waals surface area contributed by atoms with Gasteiger partial charge in [0.05, 0.1) is 11.9 Å². The first kappa shape index (κ1) is 9.40. The summed E-state index contributed by atoms with van der Waals surface area (Å²) < 4.78 is 13.1. The highest BCUT2D eigenvalue weighted by Crippen LogP contribution is 2.44. The molecule has 1 saturated carbocycles. The Balaban J connectivity index is 1.95. The van der Waals surface area contributed by atoms with Crippen molar-refractivity contribution in [3.63, 3.8) is 0 Å². The highest BCUT2D eigenvalue weighted by molar-refractivity contribution is 5.43. The first-order valence-electron chi connectivity index (χ1n) is 4.79. The maximum atomic E-state index is 13.1. The molecule has 0 bridgehead atoms. The Labute approximate surface area is 82.5 Å². The van der Waals surface area contributed by atoms with Gasteiger partial charge in [0.2, 0.25) is 0 Å². The molecule has 76 valence electrons. The van der Waals surface area contributed by atoms with Crippen molar-refractivity contribution in [2.24, 2.45) is 11.1 Å². The standard InChI is InChI=1S/C10H14FN3/c11-8-5-13-4-1-9(8)14-7-10(6-12)2-3-10/h1,4-5H,2-3,6-7,12H2,(H,13,14). The molecular weight excluding hydrogens is 181 g/mol. The Hall–Kier alpha value is -1.16. The van der Waals surface area contributed by atoms with Crippen LogP contribution in [0.4, 0.5) is 10.1 Å². The van der Waals surface area contributed by atoms with Crippen molar-refractivity contribution in [2.45, 2.75) is 12.8 Å². The van der Waals surface area contributed by atoms with Crippen LogP contribution in [0.5, 0.6) is 0 Å². The van der Waals surface area contributed by atoms with Crippen LogP contribution < -0.4 is 11.1 Å². The lowest BCUT2D eigenvalue weighted by Gasteiger charge is -2.14. The molecule has 2 rings (SSSR count). The van der Waals surface area contributed by atoms with Gasteiger partial charge in [0.15, 0.2) is 5.82 Å². The molecule has 1 aromatic heterocycles. The van der Waals surface area contributed by atoms with Crippen LogP contribution in [0, 0.1) is 11.2 Å². The summed E-state index contributed by atoms with van der Waals surface area (Å²) in [7, 11) is 0. The first-order chi connectivity index (χ1) is 6.76. The van der Waals surface area contributed by atoms with Gasteiger partial charge in [-0.3, -0.25) is 4.98 Å². The van der Waals surface area contributed by atoms with Gasteiger partial charge >= 0.3 is 0 Å².